The van der Waals surface area contributed by atoms with Crippen LogP contribution in [0, 0.1) is 0 Å². The SMILES string of the molecule is O=C(NCCc1c[nH]c2ccc(Cl)cc12)c1cc(-c2ccc(Cl)cc2)oc1C(F)(F)F. The molecular weight excluding hydrogens is 452 g/mol. The fourth-order valence-corrected chi connectivity index (χ4v) is 3.59. The summed E-state index contributed by atoms with van der Waals surface area (Å²) in [6.07, 6.45) is -2.62. The van der Waals surface area contributed by atoms with Gasteiger partial charge in [0, 0.05) is 39.3 Å². The minimum Gasteiger partial charge on any atom is -0.451 e. The number of furan rings is 1. The van der Waals surface area contributed by atoms with E-state index < -0.39 is 23.4 Å². The van der Waals surface area contributed by atoms with E-state index in [9.17, 15) is 18.0 Å². The van der Waals surface area contributed by atoms with Crippen molar-refractivity contribution in [2.24, 2.45) is 0 Å². The van der Waals surface area contributed by atoms with Crippen molar-refractivity contribution in [2.45, 2.75) is 12.6 Å². The average Bonchev–Trinajstić information content (AvgIpc) is 3.33. The summed E-state index contributed by atoms with van der Waals surface area (Å²) < 4.78 is 45.3. The van der Waals surface area contributed by atoms with Gasteiger partial charge in [-0.15, -0.1) is 0 Å². The van der Waals surface area contributed by atoms with Gasteiger partial charge in [0.15, 0.2) is 0 Å². The van der Waals surface area contributed by atoms with Gasteiger partial charge < -0.3 is 14.7 Å². The number of benzene rings is 2. The zero-order chi connectivity index (χ0) is 22.2. The highest BCUT2D eigenvalue weighted by Gasteiger charge is 2.40. The lowest BCUT2D eigenvalue weighted by Crippen LogP contribution is -2.27. The number of alkyl halides is 3. The number of H-pyrrole nitrogens is 1. The predicted octanol–water partition coefficient (Wildman–Crippen LogP) is 6.73. The minimum atomic E-state index is -4.81. The number of hydrogen-bond acceptors (Lipinski definition) is 2. The van der Waals surface area contributed by atoms with Crippen molar-refractivity contribution in [1.29, 1.82) is 0 Å². The topological polar surface area (TPSA) is 58.0 Å². The summed E-state index contributed by atoms with van der Waals surface area (Å²) in [4.78, 5) is 15.6. The Kier molecular flexibility index (Phi) is 5.73. The van der Waals surface area contributed by atoms with Crippen LogP contribution in [0.4, 0.5) is 13.2 Å². The van der Waals surface area contributed by atoms with E-state index in [1.165, 1.54) is 24.3 Å². The van der Waals surface area contributed by atoms with Crippen LogP contribution < -0.4 is 5.32 Å². The largest absolute Gasteiger partial charge is 0.451 e. The fourth-order valence-electron chi connectivity index (χ4n) is 3.29. The van der Waals surface area contributed by atoms with E-state index in [-0.39, 0.29) is 12.3 Å². The van der Waals surface area contributed by atoms with Crippen molar-refractivity contribution in [3.63, 3.8) is 0 Å². The van der Waals surface area contributed by atoms with Gasteiger partial charge in [0.2, 0.25) is 5.76 Å². The number of amides is 1. The monoisotopic (exact) mass is 466 g/mol. The molecule has 2 aromatic carbocycles. The number of aromatic nitrogens is 1. The Bertz CT molecular complexity index is 1240. The van der Waals surface area contributed by atoms with Crippen molar-refractivity contribution < 1.29 is 22.4 Å². The summed E-state index contributed by atoms with van der Waals surface area (Å²) in [5.41, 5.74) is 1.58. The lowest BCUT2D eigenvalue weighted by Gasteiger charge is -2.07. The molecule has 0 aliphatic heterocycles. The molecule has 0 radical (unpaired) electrons. The Balaban J connectivity index is 1.53. The molecule has 0 atom stereocenters. The first kappa shape index (κ1) is 21.3. The maximum atomic E-state index is 13.4. The first-order valence-electron chi connectivity index (χ1n) is 9.23. The molecule has 4 aromatic rings. The number of carbonyl (C=O) groups is 1. The van der Waals surface area contributed by atoms with Crippen LogP contribution in [0.15, 0.2) is 59.1 Å². The number of rotatable bonds is 5. The van der Waals surface area contributed by atoms with Crippen LogP contribution in [0.1, 0.15) is 21.7 Å². The zero-order valence-electron chi connectivity index (χ0n) is 15.8. The van der Waals surface area contributed by atoms with Gasteiger partial charge in [-0.05, 0) is 60.5 Å². The van der Waals surface area contributed by atoms with Crippen LogP contribution in [0.2, 0.25) is 10.0 Å². The Morgan fingerprint density at radius 3 is 2.45 bits per heavy atom. The van der Waals surface area contributed by atoms with E-state index in [2.05, 4.69) is 10.3 Å². The van der Waals surface area contributed by atoms with E-state index in [1.54, 1.807) is 18.3 Å². The van der Waals surface area contributed by atoms with E-state index in [4.69, 9.17) is 27.6 Å². The van der Waals surface area contributed by atoms with Gasteiger partial charge in [-0.1, -0.05) is 23.2 Å². The van der Waals surface area contributed by atoms with Gasteiger partial charge in [-0.3, -0.25) is 4.79 Å². The highest BCUT2D eigenvalue weighted by atomic mass is 35.5. The third-order valence-electron chi connectivity index (χ3n) is 4.77. The normalized spacial score (nSPS) is 11.8. The number of nitrogens with one attached hydrogen (secondary N) is 2. The highest BCUT2D eigenvalue weighted by molar-refractivity contribution is 6.31. The van der Waals surface area contributed by atoms with Crippen molar-refractivity contribution in [3.8, 4) is 11.3 Å². The lowest BCUT2D eigenvalue weighted by molar-refractivity contribution is -0.153. The molecule has 0 aliphatic carbocycles. The predicted molar refractivity (Wildman–Crippen MR) is 114 cm³/mol. The van der Waals surface area contributed by atoms with Gasteiger partial charge in [0.25, 0.3) is 5.91 Å². The number of halogens is 5. The van der Waals surface area contributed by atoms with Crippen molar-refractivity contribution >= 4 is 40.0 Å². The molecule has 0 spiro atoms. The van der Waals surface area contributed by atoms with E-state index in [1.807, 2.05) is 6.07 Å². The van der Waals surface area contributed by atoms with E-state index in [0.29, 0.717) is 22.0 Å². The Hall–Kier alpha value is -2.90. The molecule has 31 heavy (non-hydrogen) atoms. The van der Waals surface area contributed by atoms with Crippen molar-refractivity contribution in [1.82, 2.24) is 10.3 Å². The molecule has 2 heterocycles. The third-order valence-corrected chi connectivity index (χ3v) is 5.26. The van der Waals surface area contributed by atoms with Crippen molar-refractivity contribution in [2.75, 3.05) is 6.54 Å². The minimum absolute atomic E-state index is 0.0691. The van der Waals surface area contributed by atoms with E-state index in [0.717, 1.165) is 22.5 Å². The Morgan fingerprint density at radius 2 is 1.74 bits per heavy atom. The number of hydrogen-bond donors (Lipinski definition) is 2. The first-order valence-corrected chi connectivity index (χ1v) is 9.98. The molecule has 0 fully saturated rings. The van der Waals surface area contributed by atoms with Crippen LogP contribution in [0.25, 0.3) is 22.2 Å². The quantitative estimate of drug-likeness (QED) is 0.342. The summed E-state index contributed by atoms with van der Waals surface area (Å²) in [7, 11) is 0. The second-order valence-electron chi connectivity index (χ2n) is 6.87. The average molecular weight is 467 g/mol. The number of aromatic amines is 1. The highest BCUT2D eigenvalue weighted by Crippen LogP contribution is 2.37. The summed E-state index contributed by atoms with van der Waals surface area (Å²) in [6.45, 7) is 0.136. The summed E-state index contributed by atoms with van der Waals surface area (Å²) >= 11 is 11.8. The molecule has 160 valence electrons. The van der Waals surface area contributed by atoms with Gasteiger partial charge in [0.1, 0.15) is 5.76 Å². The second kappa shape index (κ2) is 8.32. The molecule has 0 saturated heterocycles. The maximum Gasteiger partial charge on any atom is 0.450 e. The smallest absolute Gasteiger partial charge is 0.450 e. The zero-order valence-corrected chi connectivity index (χ0v) is 17.3. The van der Waals surface area contributed by atoms with Crippen molar-refractivity contribution in [3.05, 3.63) is 81.7 Å². The molecule has 0 saturated carbocycles. The summed E-state index contributed by atoms with van der Waals surface area (Å²) in [5.74, 6) is -2.27. The molecule has 4 nitrogen and oxygen atoms in total. The van der Waals surface area contributed by atoms with E-state index >= 15 is 0 Å². The first-order chi connectivity index (χ1) is 14.7. The van der Waals surface area contributed by atoms with Crippen LogP contribution in [-0.4, -0.2) is 17.4 Å². The Labute approximate surface area is 185 Å². The van der Waals surface area contributed by atoms with Crippen LogP contribution in [0.5, 0.6) is 0 Å². The van der Waals surface area contributed by atoms with Gasteiger partial charge in [-0.2, -0.15) is 13.2 Å². The molecule has 2 N–H and O–H groups in total. The molecular formula is C22H15Cl2F3N2O2. The molecule has 1 amide bonds. The summed E-state index contributed by atoms with van der Waals surface area (Å²) in [6, 6.07) is 12.6. The lowest BCUT2D eigenvalue weighted by atomic mass is 10.1. The molecule has 0 bridgehead atoms. The standard InChI is InChI=1S/C22H15Cl2F3N2O2/c23-14-3-1-12(2-4-14)19-10-17(20(31-19)22(25,26)27)21(30)28-8-7-13-11-29-18-6-5-15(24)9-16(13)18/h1-6,9-11,29H,7-8H2,(H,28,30). The second-order valence-corrected chi connectivity index (χ2v) is 7.74. The molecule has 9 heteroatoms. The number of carbonyl (C=O) groups excluding carboxylic acids is 1. The molecule has 0 unspecified atom stereocenters. The van der Waals surface area contributed by atoms with Gasteiger partial charge in [0.05, 0.1) is 5.56 Å². The molecule has 4 rings (SSSR count). The summed E-state index contributed by atoms with van der Waals surface area (Å²) in [5, 5.41) is 4.43. The van der Waals surface area contributed by atoms with Gasteiger partial charge in [-0.25, -0.2) is 0 Å². The number of fused-ring (bicyclic) bond motifs is 1. The van der Waals surface area contributed by atoms with Crippen LogP contribution >= 0.6 is 23.2 Å². The molecule has 2 aromatic heterocycles. The Morgan fingerprint density at radius 1 is 1.03 bits per heavy atom. The molecule has 0 aliphatic rings. The fraction of sp³-hybridized carbons (Fsp3) is 0.136. The third kappa shape index (κ3) is 4.57. The maximum absolute atomic E-state index is 13.4. The van der Waals surface area contributed by atoms with Gasteiger partial charge >= 0.3 is 6.18 Å². The van der Waals surface area contributed by atoms with Crippen LogP contribution in [0.3, 0.4) is 0 Å². The van der Waals surface area contributed by atoms with Crippen LogP contribution in [-0.2, 0) is 12.6 Å².